The minimum atomic E-state index is -1.45. The predicted molar refractivity (Wildman–Crippen MR) is 80.4 cm³/mol. The topological polar surface area (TPSA) is 21.1 Å². The highest BCUT2D eigenvalue weighted by molar-refractivity contribution is 5.66. The molecule has 2 aromatic rings. The van der Waals surface area contributed by atoms with Crippen LogP contribution in [0.2, 0.25) is 0 Å². The SMILES string of the molecule is CN(C)CCn1cc(-c2ccccc2)c(C(C)(C)F)n1. The number of alkyl halides is 1. The third kappa shape index (κ3) is 3.45. The second kappa shape index (κ2) is 5.75. The second-order valence-corrected chi connectivity index (χ2v) is 5.80. The molecular formula is C16H22FN3. The summed E-state index contributed by atoms with van der Waals surface area (Å²) in [6, 6.07) is 9.86. The minimum absolute atomic E-state index is 0.502. The molecule has 0 bridgehead atoms. The largest absolute Gasteiger partial charge is 0.308 e. The van der Waals surface area contributed by atoms with Crippen molar-refractivity contribution in [3.8, 4) is 11.1 Å². The normalized spacial score (nSPS) is 12.1. The Bertz CT molecular complexity index is 553. The maximum absolute atomic E-state index is 14.4. The fourth-order valence-corrected chi connectivity index (χ4v) is 2.11. The van der Waals surface area contributed by atoms with Gasteiger partial charge in [-0.3, -0.25) is 4.68 Å². The van der Waals surface area contributed by atoms with Gasteiger partial charge in [-0.1, -0.05) is 30.3 Å². The van der Waals surface area contributed by atoms with E-state index in [2.05, 4.69) is 10.00 Å². The summed E-state index contributed by atoms with van der Waals surface area (Å²) in [4.78, 5) is 2.09. The third-order valence-electron chi connectivity index (χ3n) is 3.19. The van der Waals surface area contributed by atoms with E-state index in [9.17, 15) is 4.39 Å². The molecule has 0 aliphatic rings. The number of hydrogen-bond acceptors (Lipinski definition) is 2. The van der Waals surface area contributed by atoms with E-state index in [1.807, 2.05) is 55.3 Å². The minimum Gasteiger partial charge on any atom is -0.308 e. The van der Waals surface area contributed by atoms with E-state index in [0.717, 1.165) is 24.2 Å². The lowest BCUT2D eigenvalue weighted by Crippen LogP contribution is -2.19. The van der Waals surface area contributed by atoms with Gasteiger partial charge in [0.25, 0.3) is 0 Å². The quantitative estimate of drug-likeness (QED) is 0.834. The Balaban J connectivity index is 2.39. The van der Waals surface area contributed by atoms with Gasteiger partial charge in [0.1, 0.15) is 11.4 Å². The molecule has 1 heterocycles. The van der Waals surface area contributed by atoms with Gasteiger partial charge in [0.2, 0.25) is 0 Å². The van der Waals surface area contributed by atoms with Crippen molar-refractivity contribution in [2.75, 3.05) is 20.6 Å². The second-order valence-electron chi connectivity index (χ2n) is 5.80. The summed E-state index contributed by atoms with van der Waals surface area (Å²) in [6.07, 6.45) is 1.94. The van der Waals surface area contributed by atoms with Crippen molar-refractivity contribution >= 4 is 0 Å². The van der Waals surface area contributed by atoms with Crippen LogP contribution in [0.4, 0.5) is 4.39 Å². The monoisotopic (exact) mass is 275 g/mol. The summed E-state index contributed by atoms with van der Waals surface area (Å²) in [5.74, 6) is 0. The predicted octanol–water partition coefficient (Wildman–Crippen LogP) is 3.32. The fraction of sp³-hybridized carbons (Fsp3) is 0.438. The van der Waals surface area contributed by atoms with E-state index in [0.29, 0.717) is 5.69 Å². The average Bonchev–Trinajstić information content (AvgIpc) is 2.81. The Morgan fingerprint density at radius 2 is 1.85 bits per heavy atom. The van der Waals surface area contributed by atoms with Crippen molar-refractivity contribution in [3.05, 3.63) is 42.2 Å². The molecule has 0 aliphatic carbocycles. The zero-order valence-corrected chi connectivity index (χ0v) is 12.6. The first-order valence-corrected chi connectivity index (χ1v) is 6.85. The molecule has 0 atom stereocenters. The van der Waals surface area contributed by atoms with Gasteiger partial charge >= 0.3 is 0 Å². The molecule has 108 valence electrons. The highest BCUT2D eigenvalue weighted by Crippen LogP contribution is 2.32. The van der Waals surface area contributed by atoms with Crippen LogP contribution in [-0.4, -0.2) is 35.3 Å². The summed E-state index contributed by atoms with van der Waals surface area (Å²) in [6.45, 7) is 4.74. The number of hydrogen-bond donors (Lipinski definition) is 0. The van der Waals surface area contributed by atoms with E-state index >= 15 is 0 Å². The molecule has 0 N–H and O–H groups in total. The molecule has 0 fully saturated rings. The Morgan fingerprint density at radius 3 is 2.40 bits per heavy atom. The number of aromatic nitrogens is 2. The molecule has 1 aromatic carbocycles. The van der Waals surface area contributed by atoms with Crippen LogP contribution in [0.1, 0.15) is 19.5 Å². The molecular weight excluding hydrogens is 253 g/mol. The van der Waals surface area contributed by atoms with Crippen LogP contribution in [0.5, 0.6) is 0 Å². The van der Waals surface area contributed by atoms with Gasteiger partial charge < -0.3 is 4.90 Å². The maximum atomic E-state index is 14.4. The molecule has 0 aliphatic heterocycles. The number of nitrogens with zero attached hydrogens (tertiary/aromatic N) is 3. The van der Waals surface area contributed by atoms with Gasteiger partial charge in [-0.15, -0.1) is 0 Å². The van der Waals surface area contributed by atoms with E-state index in [1.54, 1.807) is 13.8 Å². The molecule has 0 radical (unpaired) electrons. The van der Waals surface area contributed by atoms with E-state index in [1.165, 1.54) is 0 Å². The molecule has 0 spiro atoms. The zero-order valence-electron chi connectivity index (χ0n) is 12.6. The van der Waals surface area contributed by atoms with Crippen LogP contribution in [0.15, 0.2) is 36.5 Å². The Labute approximate surface area is 120 Å². The van der Waals surface area contributed by atoms with Crippen LogP contribution >= 0.6 is 0 Å². The maximum Gasteiger partial charge on any atom is 0.149 e. The van der Waals surface area contributed by atoms with Crippen molar-refractivity contribution < 1.29 is 4.39 Å². The first-order chi connectivity index (χ1) is 9.38. The molecule has 3 nitrogen and oxygen atoms in total. The van der Waals surface area contributed by atoms with Crippen molar-refractivity contribution in [1.29, 1.82) is 0 Å². The number of halogens is 1. The number of benzene rings is 1. The summed E-state index contributed by atoms with van der Waals surface area (Å²) in [5, 5.41) is 4.44. The van der Waals surface area contributed by atoms with Crippen molar-refractivity contribution in [2.24, 2.45) is 0 Å². The van der Waals surface area contributed by atoms with Crippen LogP contribution < -0.4 is 0 Å². The van der Waals surface area contributed by atoms with Crippen LogP contribution in [0.3, 0.4) is 0 Å². The first-order valence-electron chi connectivity index (χ1n) is 6.85. The Hall–Kier alpha value is -1.68. The van der Waals surface area contributed by atoms with Crippen LogP contribution in [0.25, 0.3) is 11.1 Å². The van der Waals surface area contributed by atoms with Gasteiger partial charge in [-0.05, 0) is 33.5 Å². The average molecular weight is 275 g/mol. The van der Waals surface area contributed by atoms with Crippen LogP contribution in [0, 0.1) is 0 Å². The van der Waals surface area contributed by atoms with Gasteiger partial charge in [0, 0.05) is 18.3 Å². The molecule has 2 rings (SSSR count). The molecule has 0 unspecified atom stereocenters. The molecule has 0 amide bonds. The molecule has 0 saturated carbocycles. The van der Waals surface area contributed by atoms with Gasteiger partial charge in [0.15, 0.2) is 0 Å². The van der Waals surface area contributed by atoms with Gasteiger partial charge in [0.05, 0.1) is 6.54 Å². The molecule has 4 heteroatoms. The highest BCUT2D eigenvalue weighted by atomic mass is 19.1. The van der Waals surface area contributed by atoms with E-state index < -0.39 is 5.67 Å². The van der Waals surface area contributed by atoms with Crippen molar-refractivity contribution in [3.63, 3.8) is 0 Å². The number of rotatable bonds is 5. The Morgan fingerprint density at radius 1 is 1.20 bits per heavy atom. The summed E-state index contributed by atoms with van der Waals surface area (Å²) >= 11 is 0. The summed E-state index contributed by atoms with van der Waals surface area (Å²) in [5.41, 5.74) is 0.929. The Kier molecular flexibility index (Phi) is 4.23. The summed E-state index contributed by atoms with van der Waals surface area (Å²) in [7, 11) is 4.03. The fourth-order valence-electron chi connectivity index (χ4n) is 2.11. The molecule has 20 heavy (non-hydrogen) atoms. The third-order valence-corrected chi connectivity index (χ3v) is 3.19. The lowest BCUT2D eigenvalue weighted by atomic mass is 9.98. The molecule has 1 aromatic heterocycles. The van der Waals surface area contributed by atoms with Gasteiger partial charge in [-0.2, -0.15) is 5.10 Å². The van der Waals surface area contributed by atoms with E-state index in [4.69, 9.17) is 0 Å². The lowest BCUT2D eigenvalue weighted by molar-refractivity contribution is 0.212. The highest BCUT2D eigenvalue weighted by Gasteiger charge is 2.27. The number of likely N-dealkylation sites (N-methyl/N-ethyl adjacent to an activating group) is 1. The lowest BCUT2D eigenvalue weighted by Gasteiger charge is -2.13. The first kappa shape index (κ1) is 14.7. The zero-order chi connectivity index (χ0) is 14.8. The standard InChI is InChI=1S/C16H22FN3/c1-16(2,17)15-14(13-8-6-5-7-9-13)12-20(18-15)11-10-19(3)4/h5-9,12H,10-11H2,1-4H3. The van der Waals surface area contributed by atoms with Gasteiger partial charge in [-0.25, -0.2) is 4.39 Å². The summed E-state index contributed by atoms with van der Waals surface area (Å²) < 4.78 is 16.2. The smallest absolute Gasteiger partial charge is 0.149 e. The van der Waals surface area contributed by atoms with E-state index in [-0.39, 0.29) is 0 Å². The van der Waals surface area contributed by atoms with Crippen LogP contribution in [-0.2, 0) is 12.2 Å². The molecule has 0 saturated heterocycles. The van der Waals surface area contributed by atoms with Crippen molar-refractivity contribution in [1.82, 2.24) is 14.7 Å². The van der Waals surface area contributed by atoms with Crippen molar-refractivity contribution in [2.45, 2.75) is 26.1 Å².